The molecule has 1 aromatic carbocycles. The van der Waals surface area contributed by atoms with Gasteiger partial charge in [0.15, 0.2) is 5.78 Å². The molecule has 0 spiro atoms. The lowest BCUT2D eigenvalue weighted by Gasteiger charge is -2.54. The molecule has 26 heavy (non-hydrogen) atoms. The molecule has 0 saturated carbocycles. The van der Waals surface area contributed by atoms with E-state index in [0.29, 0.717) is 31.7 Å². The van der Waals surface area contributed by atoms with Gasteiger partial charge in [0, 0.05) is 44.1 Å². The number of benzene rings is 1. The Kier molecular flexibility index (Phi) is 3.51. The number of rotatable bonds is 1. The van der Waals surface area contributed by atoms with E-state index in [9.17, 15) is 14.4 Å². The molecular weight excluding hydrogens is 332 g/mol. The number of carbonyl (C=O) groups is 3. The molecule has 2 aliphatic rings. The fraction of sp³-hybridized carbons (Fsp3) is 0.450. The molecule has 4 rings (SSSR count). The molecule has 2 bridgehead atoms. The molecule has 0 radical (unpaired) electrons. The monoisotopic (exact) mass is 354 g/mol. The normalized spacial score (nSPS) is 28.5. The number of furan rings is 1. The molecule has 2 atom stereocenters. The van der Waals surface area contributed by atoms with Gasteiger partial charge in [-0.05, 0) is 38.1 Å². The van der Waals surface area contributed by atoms with Gasteiger partial charge in [-0.25, -0.2) is 0 Å². The summed E-state index contributed by atoms with van der Waals surface area (Å²) in [4.78, 5) is 41.5. The predicted octanol–water partition coefficient (Wildman–Crippen LogP) is 2.33. The maximum absolute atomic E-state index is 13.1. The van der Waals surface area contributed by atoms with E-state index in [0.717, 1.165) is 11.0 Å². The highest BCUT2D eigenvalue weighted by Crippen LogP contribution is 2.42. The van der Waals surface area contributed by atoms with Crippen molar-refractivity contribution in [1.82, 2.24) is 9.80 Å². The quantitative estimate of drug-likeness (QED) is 0.788. The first-order chi connectivity index (χ1) is 12.2. The zero-order valence-corrected chi connectivity index (χ0v) is 15.2. The van der Waals surface area contributed by atoms with Crippen LogP contribution in [0.25, 0.3) is 11.0 Å². The Morgan fingerprint density at radius 3 is 2.23 bits per heavy atom. The molecule has 0 aliphatic carbocycles. The van der Waals surface area contributed by atoms with Crippen LogP contribution in [0.1, 0.15) is 31.1 Å². The Morgan fingerprint density at radius 1 is 1.00 bits per heavy atom. The van der Waals surface area contributed by atoms with Gasteiger partial charge < -0.3 is 14.2 Å². The fourth-order valence-electron chi connectivity index (χ4n) is 4.56. The number of fused-ring (bicyclic) bond motifs is 3. The second-order valence-corrected chi connectivity index (χ2v) is 8.16. The summed E-state index contributed by atoms with van der Waals surface area (Å²) >= 11 is 0. The minimum Gasteiger partial charge on any atom is -0.464 e. The van der Waals surface area contributed by atoms with Crippen LogP contribution in [0.2, 0.25) is 0 Å². The van der Waals surface area contributed by atoms with E-state index in [2.05, 4.69) is 0 Å². The summed E-state index contributed by atoms with van der Waals surface area (Å²) in [5.41, 5.74) is -0.135. The third kappa shape index (κ3) is 2.43. The van der Waals surface area contributed by atoms with Crippen molar-refractivity contribution in [3.8, 4) is 0 Å². The summed E-state index contributed by atoms with van der Waals surface area (Å²) in [6.07, 6.45) is 1.60. The third-order valence-corrected chi connectivity index (χ3v) is 5.69. The zero-order valence-electron chi connectivity index (χ0n) is 15.2. The van der Waals surface area contributed by atoms with Gasteiger partial charge in [-0.1, -0.05) is 0 Å². The smallest absolute Gasteiger partial charge is 0.253 e. The van der Waals surface area contributed by atoms with E-state index in [1.807, 2.05) is 26.0 Å². The van der Waals surface area contributed by atoms with Gasteiger partial charge in [0.2, 0.25) is 5.91 Å². The van der Waals surface area contributed by atoms with Gasteiger partial charge in [-0.15, -0.1) is 0 Å². The second-order valence-electron chi connectivity index (χ2n) is 8.16. The van der Waals surface area contributed by atoms with E-state index >= 15 is 0 Å². The number of Topliss-reactive ketones (excluding diaryl/α,β-unsaturated/α-hetero) is 1. The maximum Gasteiger partial charge on any atom is 0.253 e. The van der Waals surface area contributed by atoms with Crippen molar-refractivity contribution in [2.75, 3.05) is 26.2 Å². The minimum absolute atomic E-state index is 0.0277. The van der Waals surface area contributed by atoms with Gasteiger partial charge in [-0.3, -0.25) is 14.4 Å². The lowest BCUT2D eigenvalue weighted by molar-refractivity contribution is -0.159. The molecule has 136 valence electrons. The highest BCUT2D eigenvalue weighted by atomic mass is 16.3. The van der Waals surface area contributed by atoms with Gasteiger partial charge >= 0.3 is 0 Å². The Balaban J connectivity index is 1.66. The zero-order chi connectivity index (χ0) is 18.7. The molecule has 3 heterocycles. The average Bonchev–Trinajstić information content (AvgIpc) is 3.04. The number of hydrogen-bond acceptors (Lipinski definition) is 4. The SMILES string of the molecule is CC(=O)N1CC2(C)CN(C(=O)c3ccc4occc4c3)CC(C)(C1)C2=O. The Labute approximate surface area is 151 Å². The Hall–Kier alpha value is -2.63. The lowest BCUT2D eigenvalue weighted by atomic mass is 9.64. The van der Waals surface area contributed by atoms with Crippen LogP contribution in [0.4, 0.5) is 0 Å². The molecule has 0 N–H and O–H groups in total. The van der Waals surface area contributed by atoms with Gasteiger partial charge in [0.05, 0.1) is 17.1 Å². The van der Waals surface area contributed by atoms with Crippen LogP contribution in [-0.4, -0.2) is 53.6 Å². The van der Waals surface area contributed by atoms with E-state index in [1.54, 1.807) is 28.2 Å². The number of amides is 2. The van der Waals surface area contributed by atoms with Crippen molar-refractivity contribution in [1.29, 1.82) is 0 Å². The molecular formula is C20H22N2O4. The summed E-state index contributed by atoms with van der Waals surface area (Å²) in [6, 6.07) is 7.19. The first-order valence-electron chi connectivity index (χ1n) is 8.79. The molecule has 2 unspecified atom stereocenters. The number of hydrogen-bond donors (Lipinski definition) is 0. The van der Waals surface area contributed by atoms with Crippen molar-refractivity contribution in [3.63, 3.8) is 0 Å². The van der Waals surface area contributed by atoms with Gasteiger partial charge in [0.25, 0.3) is 5.91 Å². The highest BCUT2D eigenvalue weighted by molar-refractivity contribution is 6.00. The highest BCUT2D eigenvalue weighted by Gasteiger charge is 2.57. The standard InChI is InChI=1S/C20H22N2O4/c1-13(23)21-9-19(2)11-22(12-20(3,10-21)18(19)25)17(24)15-4-5-16-14(8-15)6-7-26-16/h4-8H,9-12H2,1-3H3. The van der Waals surface area contributed by atoms with Crippen LogP contribution >= 0.6 is 0 Å². The van der Waals surface area contributed by atoms with Crippen molar-refractivity contribution in [3.05, 3.63) is 36.1 Å². The number of piperidine rings is 2. The summed E-state index contributed by atoms with van der Waals surface area (Å²) < 4.78 is 5.33. The third-order valence-electron chi connectivity index (χ3n) is 5.69. The van der Waals surface area contributed by atoms with E-state index in [1.165, 1.54) is 6.92 Å². The summed E-state index contributed by atoms with van der Waals surface area (Å²) in [6.45, 7) is 6.63. The molecule has 2 aromatic rings. The Morgan fingerprint density at radius 2 is 1.62 bits per heavy atom. The summed E-state index contributed by atoms with van der Waals surface area (Å²) in [5, 5.41) is 0.879. The van der Waals surface area contributed by atoms with Crippen molar-refractivity contribution < 1.29 is 18.8 Å². The van der Waals surface area contributed by atoms with Crippen molar-refractivity contribution >= 4 is 28.6 Å². The maximum atomic E-state index is 13.1. The first kappa shape index (κ1) is 16.8. The molecule has 2 saturated heterocycles. The number of likely N-dealkylation sites (tertiary alicyclic amines) is 2. The van der Waals surface area contributed by atoms with Crippen LogP contribution in [0, 0.1) is 10.8 Å². The fourth-order valence-corrected chi connectivity index (χ4v) is 4.56. The number of carbonyl (C=O) groups excluding carboxylic acids is 3. The minimum atomic E-state index is -0.730. The van der Waals surface area contributed by atoms with E-state index < -0.39 is 10.8 Å². The summed E-state index contributed by atoms with van der Waals surface area (Å²) in [7, 11) is 0. The number of nitrogens with zero attached hydrogens (tertiary/aromatic N) is 2. The molecule has 6 nitrogen and oxygen atoms in total. The van der Waals surface area contributed by atoms with Gasteiger partial charge in [-0.2, -0.15) is 0 Å². The van der Waals surface area contributed by atoms with Gasteiger partial charge in [0.1, 0.15) is 5.58 Å². The topological polar surface area (TPSA) is 70.8 Å². The molecule has 6 heteroatoms. The first-order valence-corrected chi connectivity index (χ1v) is 8.79. The predicted molar refractivity (Wildman–Crippen MR) is 95.6 cm³/mol. The van der Waals surface area contributed by atoms with Crippen LogP contribution in [-0.2, 0) is 9.59 Å². The van der Waals surface area contributed by atoms with Crippen LogP contribution in [0.3, 0.4) is 0 Å². The average molecular weight is 354 g/mol. The van der Waals surface area contributed by atoms with Crippen LogP contribution in [0.5, 0.6) is 0 Å². The molecule has 2 amide bonds. The van der Waals surface area contributed by atoms with E-state index in [4.69, 9.17) is 4.42 Å². The Bertz CT molecular complexity index is 909. The van der Waals surface area contributed by atoms with Crippen LogP contribution in [0.15, 0.2) is 34.9 Å². The lowest BCUT2D eigenvalue weighted by Crippen LogP contribution is -2.69. The largest absolute Gasteiger partial charge is 0.464 e. The summed E-state index contributed by atoms with van der Waals surface area (Å²) in [5.74, 6) is 0.0336. The second kappa shape index (κ2) is 5.43. The molecule has 2 aliphatic heterocycles. The van der Waals surface area contributed by atoms with Crippen molar-refractivity contribution in [2.24, 2.45) is 10.8 Å². The number of ketones is 1. The molecule has 1 aromatic heterocycles. The van der Waals surface area contributed by atoms with Crippen LogP contribution < -0.4 is 0 Å². The van der Waals surface area contributed by atoms with E-state index in [-0.39, 0.29) is 17.6 Å². The molecule has 2 fully saturated rings. The van der Waals surface area contributed by atoms with Crippen molar-refractivity contribution in [2.45, 2.75) is 20.8 Å².